The number of aliphatic hydroxyl groups is 1. The fraction of sp³-hybridized carbons (Fsp3) is 0.500. The van der Waals surface area contributed by atoms with Crippen molar-refractivity contribution in [2.24, 2.45) is 0 Å². The Hall–Kier alpha value is -2.34. The number of hydrogen-bond donors (Lipinski definition) is 1. The number of ether oxygens (including phenoxy) is 1. The smallest absolute Gasteiger partial charge is 0.257 e. The van der Waals surface area contributed by atoms with Crippen LogP contribution in [0, 0.1) is 0 Å². The lowest BCUT2D eigenvalue weighted by molar-refractivity contribution is -0.0177. The average molecular weight is 357 g/mol. The van der Waals surface area contributed by atoms with Gasteiger partial charge in [0.2, 0.25) is 0 Å². The van der Waals surface area contributed by atoms with Gasteiger partial charge in [-0.3, -0.25) is 9.48 Å². The van der Waals surface area contributed by atoms with E-state index < -0.39 is 5.60 Å². The maximum absolute atomic E-state index is 13.0. The molecule has 1 aliphatic heterocycles. The van der Waals surface area contributed by atoms with E-state index in [1.165, 1.54) is 0 Å². The van der Waals surface area contributed by atoms with E-state index in [-0.39, 0.29) is 18.0 Å². The highest BCUT2D eigenvalue weighted by molar-refractivity contribution is 5.94. The van der Waals surface area contributed by atoms with Crippen molar-refractivity contribution in [3.8, 4) is 5.75 Å². The van der Waals surface area contributed by atoms with Crippen molar-refractivity contribution in [1.82, 2.24) is 14.7 Å². The molecule has 1 aliphatic rings. The quantitative estimate of drug-likeness (QED) is 0.893. The summed E-state index contributed by atoms with van der Waals surface area (Å²) in [5.41, 5.74) is 0.212. The van der Waals surface area contributed by atoms with Crippen LogP contribution in [0.25, 0.3) is 0 Å². The van der Waals surface area contributed by atoms with Gasteiger partial charge in [0.25, 0.3) is 5.91 Å². The van der Waals surface area contributed by atoms with Gasteiger partial charge in [0.1, 0.15) is 11.4 Å². The first-order chi connectivity index (χ1) is 12.3. The number of nitrogens with zero attached hydrogens (tertiary/aromatic N) is 3. The summed E-state index contributed by atoms with van der Waals surface area (Å²) in [4.78, 5) is 14.8. The molecule has 140 valence electrons. The molecule has 2 atom stereocenters. The highest BCUT2D eigenvalue weighted by Crippen LogP contribution is 2.36. The van der Waals surface area contributed by atoms with Gasteiger partial charge in [-0.25, -0.2) is 0 Å². The van der Waals surface area contributed by atoms with E-state index in [0.717, 1.165) is 24.2 Å². The van der Waals surface area contributed by atoms with Crippen molar-refractivity contribution in [2.75, 3.05) is 13.7 Å². The summed E-state index contributed by atoms with van der Waals surface area (Å²) < 4.78 is 6.97. The number of aromatic nitrogens is 2. The van der Waals surface area contributed by atoms with E-state index in [4.69, 9.17) is 4.74 Å². The Morgan fingerprint density at radius 1 is 1.35 bits per heavy atom. The van der Waals surface area contributed by atoms with Crippen LogP contribution in [-0.2, 0) is 5.60 Å². The standard InChI is InChI=1S/C20H27N3O3/c1-14(2)23-13-15(12-21-23)19(24)22-11-5-6-18(22)20(3,25)16-7-9-17(26-4)10-8-16/h7-10,12-14,18,25H,5-6,11H2,1-4H3/t18-,20-/m0/s1. The predicted octanol–water partition coefficient (Wildman–Crippen LogP) is 2.98. The van der Waals surface area contributed by atoms with E-state index in [1.54, 1.807) is 36.0 Å². The number of rotatable bonds is 5. The van der Waals surface area contributed by atoms with Crippen molar-refractivity contribution >= 4 is 5.91 Å². The molecule has 0 bridgehead atoms. The second kappa shape index (κ2) is 7.11. The maximum Gasteiger partial charge on any atom is 0.257 e. The number of carbonyl (C=O) groups is 1. The third-order valence-corrected chi connectivity index (χ3v) is 5.21. The van der Waals surface area contributed by atoms with E-state index in [1.807, 2.05) is 38.1 Å². The molecule has 1 aromatic heterocycles. The molecule has 3 rings (SSSR count). The van der Waals surface area contributed by atoms with Gasteiger partial charge >= 0.3 is 0 Å². The van der Waals surface area contributed by atoms with Crippen molar-refractivity contribution in [1.29, 1.82) is 0 Å². The molecule has 0 aliphatic carbocycles. The molecule has 0 radical (unpaired) electrons. The fourth-order valence-corrected chi connectivity index (χ4v) is 3.61. The third-order valence-electron chi connectivity index (χ3n) is 5.21. The van der Waals surface area contributed by atoms with Crippen LogP contribution >= 0.6 is 0 Å². The normalized spacial score (nSPS) is 19.6. The van der Waals surface area contributed by atoms with Gasteiger partial charge in [0.05, 0.1) is 24.9 Å². The van der Waals surface area contributed by atoms with Crippen LogP contribution in [0.5, 0.6) is 5.75 Å². The summed E-state index contributed by atoms with van der Waals surface area (Å²) in [6, 6.07) is 7.31. The first-order valence-corrected chi connectivity index (χ1v) is 9.06. The lowest BCUT2D eigenvalue weighted by atomic mass is 9.86. The summed E-state index contributed by atoms with van der Waals surface area (Å²) in [5, 5.41) is 15.5. The highest BCUT2D eigenvalue weighted by atomic mass is 16.5. The Balaban J connectivity index is 1.84. The monoisotopic (exact) mass is 357 g/mol. The number of benzene rings is 1. The van der Waals surface area contributed by atoms with E-state index in [9.17, 15) is 9.90 Å². The number of carbonyl (C=O) groups excluding carboxylic acids is 1. The number of likely N-dealkylation sites (tertiary alicyclic amines) is 1. The van der Waals surface area contributed by atoms with Crippen LogP contribution in [-0.4, -0.2) is 45.4 Å². The lowest BCUT2D eigenvalue weighted by Gasteiger charge is -2.37. The molecule has 0 saturated carbocycles. The van der Waals surface area contributed by atoms with Gasteiger partial charge in [0, 0.05) is 18.8 Å². The second-order valence-corrected chi connectivity index (χ2v) is 7.34. The molecule has 1 N–H and O–H groups in total. The molecule has 1 fully saturated rings. The van der Waals surface area contributed by atoms with Crippen LogP contribution in [0.3, 0.4) is 0 Å². The zero-order valence-corrected chi connectivity index (χ0v) is 15.8. The van der Waals surface area contributed by atoms with Crippen LogP contribution in [0.2, 0.25) is 0 Å². The number of amides is 1. The van der Waals surface area contributed by atoms with Crippen molar-refractivity contribution in [2.45, 2.75) is 51.3 Å². The van der Waals surface area contributed by atoms with Crippen molar-refractivity contribution in [3.63, 3.8) is 0 Å². The first kappa shape index (κ1) is 18.5. The van der Waals surface area contributed by atoms with Gasteiger partial charge in [0.15, 0.2) is 0 Å². The molecular weight excluding hydrogens is 330 g/mol. The van der Waals surface area contributed by atoms with Crippen LogP contribution in [0.15, 0.2) is 36.7 Å². The molecule has 2 aromatic rings. The minimum absolute atomic E-state index is 0.0758. The largest absolute Gasteiger partial charge is 0.497 e. The number of hydrogen-bond acceptors (Lipinski definition) is 4. The Morgan fingerprint density at radius 3 is 2.62 bits per heavy atom. The Kier molecular flexibility index (Phi) is 5.05. The Bertz CT molecular complexity index is 765. The van der Waals surface area contributed by atoms with Gasteiger partial charge in [-0.05, 0) is 51.3 Å². The van der Waals surface area contributed by atoms with E-state index >= 15 is 0 Å². The van der Waals surface area contributed by atoms with Crippen molar-refractivity contribution < 1.29 is 14.6 Å². The fourth-order valence-electron chi connectivity index (χ4n) is 3.61. The molecule has 1 saturated heterocycles. The third kappa shape index (κ3) is 3.33. The van der Waals surface area contributed by atoms with Gasteiger partial charge in [-0.15, -0.1) is 0 Å². The minimum Gasteiger partial charge on any atom is -0.497 e. The average Bonchev–Trinajstić information content (AvgIpc) is 3.31. The summed E-state index contributed by atoms with van der Waals surface area (Å²) in [5.74, 6) is 0.665. The molecular formula is C20H27N3O3. The zero-order valence-electron chi connectivity index (χ0n) is 15.8. The van der Waals surface area contributed by atoms with E-state index in [2.05, 4.69) is 5.10 Å². The molecule has 1 aromatic carbocycles. The summed E-state index contributed by atoms with van der Waals surface area (Å²) in [6.07, 6.45) is 5.04. The SMILES string of the molecule is COc1ccc([C@](C)(O)[C@@H]2CCCN2C(=O)c2cnn(C(C)C)c2)cc1. The molecule has 0 unspecified atom stereocenters. The van der Waals surface area contributed by atoms with Crippen LogP contribution in [0.4, 0.5) is 0 Å². The molecule has 0 spiro atoms. The second-order valence-electron chi connectivity index (χ2n) is 7.34. The van der Waals surface area contributed by atoms with Gasteiger partial charge < -0.3 is 14.7 Å². The topological polar surface area (TPSA) is 67.6 Å². The van der Waals surface area contributed by atoms with Crippen molar-refractivity contribution in [3.05, 3.63) is 47.8 Å². The molecule has 26 heavy (non-hydrogen) atoms. The molecule has 1 amide bonds. The maximum atomic E-state index is 13.0. The Labute approximate surface area is 154 Å². The molecule has 6 nitrogen and oxygen atoms in total. The highest BCUT2D eigenvalue weighted by Gasteiger charge is 2.43. The van der Waals surface area contributed by atoms with Gasteiger partial charge in [-0.1, -0.05) is 12.1 Å². The first-order valence-electron chi connectivity index (χ1n) is 9.06. The van der Waals surface area contributed by atoms with Crippen LogP contribution in [0.1, 0.15) is 55.6 Å². The summed E-state index contributed by atoms with van der Waals surface area (Å²) >= 11 is 0. The summed E-state index contributed by atoms with van der Waals surface area (Å²) in [6.45, 7) is 6.47. The molecule has 2 heterocycles. The summed E-state index contributed by atoms with van der Waals surface area (Å²) in [7, 11) is 1.61. The number of methoxy groups -OCH3 is 1. The lowest BCUT2D eigenvalue weighted by Crippen LogP contribution is -2.48. The van der Waals surface area contributed by atoms with Gasteiger partial charge in [-0.2, -0.15) is 5.10 Å². The zero-order chi connectivity index (χ0) is 18.9. The predicted molar refractivity (Wildman–Crippen MR) is 99.2 cm³/mol. The minimum atomic E-state index is -1.13. The van der Waals surface area contributed by atoms with Crippen LogP contribution < -0.4 is 4.74 Å². The van der Waals surface area contributed by atoms with E-state index in [0.29, 0.717) is 12.1 Å². The Morgan fingerprint density at radius 2 is 2.04 bits per heavy atom. The molecule has 6 heteroatoms.